The maximum atomic E-state index is 11.6. The van der Waals surface area contributed by atoms with Crippen LogP contribution in [0.5, 0.6) is 0 Å². The van der Waals surface area contributed by atoms with Gasteiger partial charge in [0.05, 0.1) is 44.6 Å². The fourth-order valence-electron chi connectivity index (χ4n) is 5.82. The van der Waals surface area contributed by atoms with Gasteiger partial charge in [-0.05, 0) is 0 Å². The molecule has 18 N–H and O–H groups in total. The monoisotopic (exact) mass is 679 g/mol. The van der Waals surface area contributed by atoms with Crippen LogP contribution in [0.4, 0.5) is 0 Å². The maximum Gasteiger partial charge on any atom is 0.255 e. The predicted molar refractivity (Wildman–Crippen MR) is 141 cm³/mol. The van der Waals surface area contributed by atoms with Crippen molar-refractivity contribution in [2.24, 2.45) is 11.5 Å². The maximum absolute atomic E-state index is 11.6. The minimum absolute atomic E-state index is 0.783. The molecule has 0 aromatic heterocycles. The van der Waals surface area contributed by atoms with Crippen LogP contribution in [0.3, 0.4) is 0 Å². The predicted octanol–water partition coefficient (Wildman–Crippen LogP) is -10.9. The Kier molecular flexibility index (Phi) is 12.7. The Bertz CT molecular complexity index is 972. The number of aliphatic hydroxyl groups excluding tert-OH is 12. The molecule has 20 atom stereocenters. The summed E-state index contributed by atoms with van der Waals surface area (Å²) >= 11 is 0. The Morgan fingerprint density at radius 1 is 0.565 bits per heavy atom. The zero-order chi connectivity index (χ0) is 34.2. The largest absolute Gasteiger partial charge is 0.394 e. The topological polar surface area (TPSA) is 382 Å². The third-order valence-corrected chi connectivity index (χ3v) is 8.62. The highest BCUT2D eigenvalue weighted by atomic mass is 16.7. The number of rotatable bonds is 10. The van der Waals surface area contributed by atoms with Crippen LogP contribution in [0.15, 0.2) is 0 Å². The quantitative estimate of drug-likeness (QED) is 0.0952. The SMILES string of the molecule is NC1C(O)O[C@H](CO)C(O[C@@H]2O[C@H](CO)C(O[C@@H]3O[C@H](CO)[C@@H](O)[C@H](O)[C@H]3N)[C@H](O)C2NC2(O)O[C@H](CO)[C@@H](O)[C@H](O)[C@H]2O)C1O. The number of nitrogens with one attached hydrogen (secondary N) is 1. The molecule has 0 spiro atoms. The Balaban J connectivity index is 1.68. The highest BCUT2D eigenvalue weighted by Crippen LogP contribution is 2.34. The van der Waals surface area contributed by atoms with Crippen LogP contribution in [-0.4, -0.2) is 215 Å². The summed E-state index contributed by atoms with van der Waals surface area (Å²) in [4.78, 5) is 0. The number of ether oxygens (including phenoxy) is 6. The van der Waals surface area contributed by atoms with E-state index in [2.05, 4.69) is 5.32 Å². The summed E-state index contributed by atoms with van der Waals surface area (Å²) in [5, 5.41) is 137. The lowest BCUT2D eigenvalue weighted by Crippen LogP contribution is -2.77. The van der Waals surface area contributed by atoms with E-state index in [0.29, 0.717) is 0 Å². The van der Waals surface area contributed by atoms with Crippen LogP contribution in [-0.2, 0) is 28.4 Å². The minimum Gasteiger partial charge on any atom is -0.394 e. The van der Waals surface area contributed by atoms with Gasteiger partial charge in [0, 0.05) is 0 Å². The molecule has 270 valence electrons. The summed E-state index contributed by atoms with van der Waals surface area (Å²) in [5.74, 6) is -3.08. The van der Waals surface area contributed by atoms with E-state index in [4.69, 9.17) is 39.9 Å². The Morgan fingerprint density at radius 3 is 1.65 bits per heavy atom. The van der Waals surface area contributed by atoms with Crippen LogP contribution < -0.4 is 16.8 Å². The third-order valence-electron chi connectivity index (χ3n) is 8.62. The van der Waals surface area contributed by atoms with Crippen molar-refractivity contribution in [2.45, 2.75) is 122 Å². The molecule has 4 aliphatic rings. The number of hydrogen-bond donors (Lipinski definition) is 16. The molecule has 4 heterocycles. The van der Waals surface area contributed by atoms with Crippen LogP contribution in [0.25, 0.3) is 0 Å². The lowest BCUT2D eigenvalue weighted by atomic mass is 9.92. The zero-order valence-corrected chi connectivity index (χ0v) is 24.2. The Labute approximate surface area is 260 Å². The highest BCUT2D eigenvalue weighted by Gasteiger charge is 2.59. The lowest BCUT2D eigenvalue weighted by molar-refractivity contribution is -0.386. The molecule has 4 rings (SSSR count). The normalized spacial score (nSPS) is 53.7. The summed E-state index contributed by atoms with van der Waals surface area (Å²) in [5.41, 5.74) is 11.7. The Hall–Kier alpha value is -0.880. The molecule has 0 bridgehead atoms. The van der Waals surface area contributed by atoms with Gasteiger partial charge in [0.15, 0.2) is 25.0 Å². The van der Waals surface area contributed by atoms with Gasteiger partial charge in [-0.2, -0.15) is 0 Å². The van der Waals surface area contributed by atoms with Crippen LogP contribution >= 0.6 is 0 Å². The standard InChI is InChI=1S/C24H45N3O19/c25-9-15(35)18(7(3-30)41-21(9)39)45-23-11(27-24(40)20(38)17(37)13(33)6(2-29)46-24)16(36)19(8(4-31)43-23)44-22-10(26)14(34)12(32)5(1-28)42-22/h5-23,27-40H,1-4,25-26H2/t5-,6-,7-,8-,9?,10-,11?,12-,13-,14-,15?,16-,17+,18?,19?,20-,21?,22+,23+,24?/m1/s1. The van der Waals surface area contributed by atoms with Crippen molar-refractivity contribution >= 4 is 0 Å². The van der Waals surface area contributed by atoms with Gasteiger partial charge in [-0.15, -0.1) is 0 Å². The highest BCUT2D eigenvalue weighted by molar-refractivity contribution is 5.03. The fraction of sp³-hybridized carbons (Fsp3) is 1.00. The second kappa shape index (κ2) is 15.3. The first-order chi connectivity index (χ1) is 21.6. The molecule has 0 aliphatic carbocycles. The summed E-state index contributed by atoms with van der Waals surface area (Å²) in [6.45, 7) is -3.50. The fourth-order valence-corrected chi connectivity index (χ4v) is 5.82. The van der Waals surface area contributed by atoms with E-state index < -0.39 is 149 Å². The van der Waals surface area contributed by atoms with E-state index in [1.807, 2.05) is 0 Å². The van der Waals surface area contributed by atoms with Gasteiger partial charge < -0.3 is 106 Å². The average Bonchev–Trinajstić information content (AvgIpc) is 3.04. The van der Waals surface area contributed by atoms with Gasteiger partial charge in [0.25, 0.3) is 5.91 Å². The molecule has 0 aromatic carbocycles. The number of nitrogens with two attached hydrogens (primary N) is 2. The third kappa shape index (κ3) is 7.19. The van der Waals surface area contributed by atoms with Crippen molar-refractivity contribution in [3.8, 4) is 0 Å². The van der Waals surface area contributed by atoms with Crippen molar-refractivity contribution in [3.05, 3.63) is 0 Å². The molecule has 4 saturated heterocycles. The van der Waals surface area contributed by atoms with Crippen molar-refractivity contribution in [1.82, 2.24) is 5.32 Å². The first-order valence-corrected chi connectivity index (χ1v) is 14.5. The molecule has 4 aliphatic heterocycles. The smallest absolute Gasteiger partial charge is 0.255 e. The summed E-state index contributed by atoms with van der Waals surface area (Å²) in [6, 6.07) is -4.83. The van der Waals surface area contributed by atoms with E-state index in [9.17, 15) is 66.4 Å². The van der Waals surface area contributed by atoms with Crippen LogP contribution in [0.2, 0.25) is 0 Å². The molecule has 0 radical (unpaired) electrons. The van der Waals surface area contributed by atoms with Gasteiger partial charge in [0.2, 0.25) is 0 Å². The molecule has 22 heteroatoms. The molecule has 22 nitrogen and oxygen atoms in total. The van der Waals surface area contributed by atoms with Crippen molar-refractivity contribution in [2.75, 3.05) is 26.4 Å². The second-order valence-electron chi connectivity index (χ2n) is 11.6. The van der Waals surface area contributed by atoms with Gasteiger partial charge in [-0.1, -0.05) is 0 Å². The first kappa shape index (κ1) is 37.9. The summed E-state index contributed by atoms with van der Waals surface area (Å²) < 4.78 is 33.2. The van der Waals surface area contributed by atoms with Crippen LogP contribution in [0.1, 0.15) is 0 Å². The number of hydrogen-bond acceptors (Lipinski definition) is 22. The second-order valence-corrected chi connectivity index (χ2v) is 11.6. The summed E-state index contributed by atoms with van der Waals surface area (Å²) in [6.07, 6.45) is -28.2. The molecule has 46 heavy (non-hydrogen) atoms. The minimum atomic E-state index is -3.08. The number of aliphatic hydroxyl groups is 13. The van der Waals surface area contributed by atoms with E-state index in [-0.39, 0.29) is 0 Å². The van der Waals surface area contributed by atoms with Crippen molar-refractivity contribution < 1.29 is 94.8 Å². The van der Waals surface area contributed by atoms with E-state index in [1.54, 1.807) is 0 Å². The molecule has 4 fully saturated rings. The van der Waals surface area contributed by atoms with Crippen molar-refractivity contribution in [3.63, 3.8) is 0 Å². The van der Waals surface area contributed by atoms with Gasteiger partial charge in [-0.25, -0.2) is 0 Å². The molecule has 0 aromatic rings. The van der Waals surface area contributed by atoms with E-state index >= 15 is 0 Å². The first-order valence-electron chi connectivity index (χ1n) is 14.5. The molecular weight excluding hydrogens is 634 g/mol. The molecule has 7 unspecified atom stereocenters. The zero-order valence-electron chi connectivity index (χ0n) is 24.2. The Morgan fingerprint density at radius 2 is 1.07 bits per heavy atom. The van der Waals surface area contributed by atoms with Gasteiger partial charge in [0.1, 0.15) is 73.2 Å². The van der Waals surface area contributed by atoms with Gasteiger partial charge in [-0.3, -0.25) is 5.32 Å². The molecular formula is C24H45N3O19. The average molecular weight is 680 g/mol. The van der Waals surface area contributed by atoms with Gasteiger partial charge >= 0.3 is 0 Å². The van der Waals surface area contributed by atoms with E-state index in [1.165, 1.54) is 0 Å². The lowest BCUT2D eigenvalue weighted by Gasteiger charge is -2.52. The molecule has 0 amide bonds. The molecule has 0 saturated carbocycles. The van der Waals surface area contributed by atoms with Crippen molar-refractivity contribution in [1.29, 1.82) is 0 Å². The van der Waals surface area contributed by atoms with E-state index in [0.717, 1.165) is 0 Å². The van der Waals surface area contributed by atoms with Crippen LogP contribution in [0, 0.1) is 0 Å². The summed E-state index contributed by atoms with van der Waals surface area (Å²) in [7, 11) is 0.